The van der Waals surface area contributed by atoms with E-state index in [0.717, 1.165) is 17.5 Å². The highest BCUT2D eigenvalue weighted by molar-refractivity contribution is 5.80. The van der Waals surface area contributed by atoms with Crippen LogP contribution in [0, 0.1) is 11.3 Å². The van der Waals surface area contributed by atoms with Gasteiger partial charge in [-0.2, -0.15) is 5.26 Å². The lowest BCUT2D eigenvalue weighted by Gasteiger charge is -2.05. The molecule has 0 radical (unpaired) electrons. The van der Waals surface area contributed by atoms with Gasteiger partial charge in [-0.3, -0.25) is 0 Å². The van der Waals surface area contributed by atoms with Crippen LogP contribution in [0.25, 0.3) is 10.9 Å². The lowest BCUT2D eigenvalue weighted by Crippen LogP contribution is -1.92. The molecule has 0 fully saturated rings. The smallest absolute Gasteiger partial charge is 0.0710 e. The van der Waals surface area contributed by atoms with E-state index in [2.05, 4.69) is 17.1 Å². The van der Waals surface area contributed by atoms with Crippen LogP contribution in [0.4, 0.5) is 0 Å². The molecule has 2 rings (SSSR count). The van der Waals surface area contributed by atoms with E-state index in [1.54, 1.807) is 0 Å². The van der Waals surface area contributed by atoms with Gasteiger partial charge >= 0.3 is 0 Å². The van der Waals surface area contributed by atoms with E-state index in [-0.39, 0.29) is 5.92 Å². The molecule has 2 nitrogen and oxygen atoms in total. The summed E-state index contributed by atoms with van der Waals surface area (Å²) in [6.07, 6.45) is 2.79. The van der Waals surface area contributed by atoms with Gasteiger partial charge in [-0.05, 0) is 35.6 Å². The average Bonchev–Trinajstić information content (AvgIpc) is 2.66. The molecule has 0 saturated heterocycles. The minimum Gasteiger partial charge on any atom is -0.361 e. The van der Waals surface area contributed by atoms with E-state index in [1.165, 1.54) is 5.39 Å². The predicted molar refractivity (Wildman–Crippen MR) is 56.9 cm³/mol. The van der Waals surface area contributed by atoms with Crippen molar-refractivity contribution in [1.82, 2.24) is 4.98 Å². The zero-order chi connectivity index (χ0) is 9.97. The van der Waals surface area contributed by atoms with Crippen molar-refractivity contribution >= 4 is 10.9 Å². The van der Waals surface area contributed by atoms with Gasteiger partial charge in [0, 0.05) is 11.7 Å². The van der Waals surface area contributed by atoms with Crippen LogP contribution in [0.15, 0.2) is 30.5 Å². The maximum Gasteiger partial charge on any atom is 0.0710 e. The van der Waals surface area contributed by atoms with Crippen molar-refractivity contribution in [3.05, 3.63) is 36.0 Å². The molecule has 0 aliphatic heterocycles. The molecule has 2 heteroatoms. The standard InChI is InChI=1S/C12H12N2/c1-2-9(8-13)10-3-4-12-11(7-10)5-6-14-12/h3-7,9,14H,2H2,1H3. The molecule has 1 unspecified atom stereocenters. The average molecular weight is 184 g/mol. The Morgan fingerprint density at radius 3 is 3.00 bits per heavy atom. The number of aromatic nitrogens is 1. The summed E-state index contributed by atoms with van der Waals surface area (Å²) in [6, 6.07) is 10.5. The van der Waals surface area contributed by atoms with Gasteiger partial charge in [0.2, 0.25) is 0 Å². The summed E-state index contributed by atoms with van der Waals surface area (Å²) in [7, 11) is 0. The second kappa shape index (κ2) is 3.55. The third kappa shape index (κ3) is 1.38. The van der Waals surface area contributed by atoms with Crippen molar-refractivity contribution in [2.24, 2.45) is 0 Å². The lowest BCUT2D eigenvalue weighted by atomic mass is 9.97. The quantitative estimate of drug-likeness (QED) is 0.764. The summed E-state index contributed by atoms with van der Waals surface area (Å²) in [6.45, 7) is 2.04. The Hall–Kier alpha value is -1.75. The number of rotatable bonds is 2. The van der Waals surface area contributed by atoms with Crippen LogP contribution in [0.3, 0.4) is 0 Å². The number of nitrogens with one attached hydrogen (secondary N) is 1. The third-order valence-corrected chi connectivity index (χ3v) is 2.54. The van der Waals surface area contributed by atoms with Gasteiger partial charge in [0.15, 0.2) is 0 Å². The zero-order valence-electron chi connectivity index (χ0n) is 8.12. The third-order valence-electron chi connectivity index (χ3n) is 2.54. The van der Waals surface area contributed by atoms with Gasteiger partial charge < -0.3 is 4.98 Å². The van der Waals surface area contributed by atoms with Crippen LogP contribution in [-0.4, -0.2) is 4.98 Å². The molecule has 0 bridgehead atoms. The largest absolute Gasteiger partial charge is 0.361 e. The first-order valence-electron chi connectivity index (χ1n) is 4.82. The summed E-state index contributed by atoms with van der Waals surface area (Å²) in [5.74, 6) is 0.0225. The van der Waals surface area contributed by atoms with Crippen LogP contribution in [0.5, 0.6) is 0 Å². The van der Waals surface area contributed by atoms with Crippen LogP contribution >= 0.6 is 0 Å². The number of fused-ring (bicyclic) bond motifs is 1. The fraction of sp³-hybridized carbons (Fsp3) is 0.250. The normalized spacial score (nSPS) is 12.6. The number of benzene rings is 1. The first-order valence-corrected chi connectivity index (χ1v) is 4.82. The van der Waals surface area contributed by atoms with E-state index >= 15 is 0 Å². The van der Waals surface area contributed by atoms with Gasteiger partial charge in [-0.15, -0.1) is 0 Å². The van der Waals surface area contributed by atoms with Gasteiger partial charge in [0.1, 0.15) is 0 Å². The van der Waals surface area contributed by atoms with E-state index in [4.69, 9.17) is 5.26 Å². The minimum atomic E-state index is 0.0225. The molecule has 0 saturated carbocycles. The van der Waals surface area contributed by atoms with E-state index in [9.17, 15) is 0 Å². The second-order valence-electron chi connectivity index (χ2n) is 3.41. The molecule has 1 heterocycles. The molecule has 2 aromatic rings. The van der Waals surface area contributed by atoms with Crippen LogP contribution in [0.1, 0.15) is 24.8 Å². The molecule has 1 N–H and O–H groups in total. The Balaban J connectivity index is 2.48. The molecule has 70 valence electrons. The number of H-pyrrole nitrogens is 1. The molecule has 14 heavy (non-hydrogen) atoms. The summed E-state index contributed by atoms with van der Waals surface area (Å²) in [5.41, 5.74) is 2.24. The number of nitrogens with zero attached hydrogens (tertiary/aromatic N) is 1. The molecule has 1 aromatic carbocycles. The summed E-state index contributed by atoms with van der Waals surface area (Å²) < 4.78 is 0. The summed E-state index contributed by atoms with van der Waals surface area (Å²) in [4.78, 5) is 3.14. The van der Waals surface area contributed by atoms with Crippen LogP contribution in [0.2, 0.25) is 0 Å². The SMILES string of the molecule is CCC(C#N)c1ccc2[nH]ccc2c1. The Kier molecular flexibility index (Phi) is 2.24. The molecular formula is C12H12N2. The van der Waals surface area contributed by atoms with Crippen LogP contribution in [-0.2, 0) is 0 Å². The van der Waals surface area contributed by atoms with Gasteiger partial charge in [0.05, 0.1) is 12.0 Å². The Morgan fingerprint density at radius 2 is 2.29 bits per heavy atom. The van der Waals surface area contributed by atoms with Crippen molar-refractivity contribution in [2.45, 2.75) is 19.3 Å². The summed E-state index contributed by atoms with van der Waals surface area (Å²) >= 11 is 0. The Labute approximate surface area is 83.2 Å². The first kappa shape index (κ1) is 8.83. The van der Waals surface area contributed by atoms with Crippen molar-refractivity contribution in [3.8, 4) is 6.07 Å². The van der Waals surface area contributed by atoms with Gasteiger partial charge in [0.25, 0.3) is 0 Å². The second-order valence-corrected chi connectivity index (χ2v) is 3.41. The zero-order valence-corrected chi connectivity index (χ0v) is 8.12. The lowest BCUT2D eigenvalue weighted by molar-refractivity contribution is 0.820. The highest BCUT2D eigenvalue weighted by Gasteiger charge is 2.07. The Morgan fingerprint density at radius 1 is 1.43 bits per heavy atom. The number of aromatic amines is 1. The minimum absolute atomic E-state index is 0.0225. The van der Waals surface area contributed by atoms with Gasteiger partial charge in [-0.1, -0.05) is 13.0 Å². The molecular weight excluding hydrogens is 172 g/mol. The topological polar surface area (TPSA) is 39.6 Å². The molecule has 0 spiro atoms. The fourth-order valence-corrected chi connectivity index (χ4v) is 1.69. The maximum absolute atomic E-state index is 8.94. The number of hydrogen-bond donors (Lipinski definition) is 1. The number of nitriles is 1. The molecule has 1 aromatic heterocycles. The maximum atomic E-state index is 8.94. The van der Waals surface area contributed by atoms with E-state index in [1.807, 2.05) is 31.3 Å². The highest BCUT2D eigenvalue weighted by atomic mass is 14.7. The first-order chi connectivity index (χ1) is 6.85. The predicted octanol–water partition coefficient (Wildman–Crippen LogP) is 3.19. The fourth-order valence-electron chi connectivity index (χ4n) is 1.69. The molecule has 1 atom stereocenters. The van der Waals surface area contributed by atoms with E-state index < -0.39 is 0 Å². The van der Waals surface area contributed by atoms with Gasteiger partial charge in [-0.25, -0.2) is 0 Å². The highest BCUT2D eigenvalue weighted by Crippen LogP contribution is 2.22. The van der Waals surface area contributed by atoms with Crippen molar-refractivity contribution in [2.75, 3.05) is 0 Å². The van der Waals surface area contributed by atoms with Crippen molar-refractivity contribution in [1.29, 1.82) is 5.26 Å². The molecule has 0 aliphatic rings. The molecule has 0 amide bonds. The Bertz CT molecular complexity index is 476. The number of hydrogen-bond acceptors (Lipinski definition) is 1. The van der Waals surface area contributed by atoms with E-state index in [0.29, 0.717) is 0 Å². The molecule has 0 aliphatic carbocycles. The van der Waals surface area contributed by atoms with Crippen molar-refractivity contribution < 1.29 is 0 Å². The summed E-state index contributed by atoms with van der Waals surface area (Å²) in [5, 5.41) is 10.1. The monoisotopic (exact) mass is 184 g/mol. The van der Waals surface area contributed by atoms with Crippen molar-refractivity contribution in [3.63, 3.8) is 0 Å². The van der Waals surface area contributed by atoms with Crippen LogP contribution < -0.4 is 0 Å².